The van der Waals surface area contributed by atoms with E-state index in [0.717, 1.165) is 52.3 Å². The first kappa shape index (κ1) is 24.6. The van der Waals surface area contributed by atoms with Gasteiger partial charge in [0.2, 0.25) is 0 Å². The second kappa shape index (κ2) is 10.1. The number of hydrogen-bond acceptors (Lipinski definition) is 8. The SMILES string of the molecule is CNC(=O)c1ccnc2c([C@H](C)CNc3cc(-c4ccc(N5CCC(C)(O)C5)nc4)ncn3)cccc12. The maximum absolute atomic E-state index is 12.3. The van der Waals surface area contributed by atoms with Crippen molar-refractivity contribution in [2.45, 2.75) is 31.8 Å². The van der Waals surface area contributed by atoms with Gasteiger partial charge in [-0.2, -0.15) is 0 Å². The van der Waals surface area contributed by atoms with Gasteiger partial charge in [0.25, 0.3) is 5.91 Å². The lowest BCUT2D eigenvalue weighted by molar-refractivity contribution is 0.0838. The fraction of sp³-hybridized carbons (Fsp3) is 0.321. The molecule has 190 valence electrons. The highest BCUT2D eigenvalue weighted by Crippen LogP contribution is 2.28. The van der Waals surface area contributed by atoms with Gasteiger partial charge in [-0.05, 0) is 37.1 Å². The fourth-order valence-electron chi connectivity index (χ4n) is 4.77. The number of aliphatic hydroxyl groups is 1. The van der Waals surface area contributed by atoms with Crippen molar-refractivity contribution in [3.05, 3.63) is 72.3 Å². The van der Waals surface area contributed by atoms with Crippen LogP contribution >= 0.6 is 0 Å². The van der Waals surface area contributed by atoms with Crippen molar-refractivity contribution in [1.29, 1.82) is 0 Å². The highest BCUT2D eigenvalue weighted by atomic mass is 16.3. The van der Waals surface area contributed by atoms with Gasteiger partial charge >= 0.3 is 0 Å². The molecule has 9 heteroatoms. The van der Waals surface area contributed by atoms with E-state index in [0.29, 0.717) is 18.7 Å². The third-order valence-corrected chi connectivity index (χ3v) is 6.88. The number of carbonyl (C=O) groups excluding carboxylic acids is 1. The monoisotopic (exact) mass is 497 g/mol. The lowest BCUT2D eigenvalue weighted by Crippen LogP contribution is -2.29. The van der Waals surface area contributed by atoms with Crippen LogP contribution in [0.5, 0.6) is 0 Å². The van der Waals surface area contributed by atoms with E-state index in [2.05, 4.69) is 42.4 Å². The number of fused-ring (bicyclic) bond motifs is 1. The molecule has 1 saturated heterocycles. The molecule has 1 aliphatic rings. The second-order valence-electron chi connectivity index (χ2n) is 9.83. The Labute approximate surface area is 216 Å². The number of benzene rings is 1. The molecule has 0 spiro atoms. The Morgan fingerprint density at radius 2 is 2.03 bits per heavy atom. The Morgan fingerprint density at radius 1 is 1.16 bits per heavy atom. The Kier molecular flexibility index (Phi) is 6.71. The minimum atomic E-state index is -0.667. The molecule has 5 rings (SSSR count). The molecule has 0 bridgehead atoms. The van der Waals surface area contributed by atoms with Gasteiger partial charge < -0.3 is 20.6 Å². The fourth-order valence-corrected chi connectivity index (χ4v) is 4.77. The standard InChI is InChI=1S/C28H31N7O2/c1-18(20-5-4-6-21-22(27(36)29-3)9-11-30-26(20)21)14-31-24-13-23(33-17-34-24)19-7-8-25(32-15-19)35-12-10-28(2,37)16-35/h4-9,11,13,15,17-18,37H,10,12,14,16H2,1-3H3,(H,29,36)(H,31,33,34)/t18-,28?/m1/s1. The van der Waals surface area contributed by atoms with Gasteiger partial charge in [0.1, 0.15) is 18.0 Å². The molecular formula is C28H31N7O2. The zero-order valence-corrected chi connectivity index (χ0v) is 21.3. The first-order valence-corrected chi connectivity index (χ1v) is 12.4. The number of para-hydroxylation sites is 1. The quantitative estimate of drug-likeness (QED) is 0.355. The smallest absolute Gasteiger partial charge is 0.251 e. The summed E-state index contributed by atoms with van der Waals surface area (Å²) >= 11 is 0. The van der Waals surface area contributed by atoms with Gasteiger partial charge in [0.05, 0.1) is 22.4 Å². The normalized spacial score (nSPS) is 18.1. The van der Waals surface area contributed by atoms with Crippen LogP contribution in [0.2, 0.25) is 0 Å². The van der Waals surface area contributed by atoms with Gasteiger partial charge in [-0.1, -0.05) is 25.1 Å². The molecule has 1 aromatic carbocycles. The van der Waals surface area contributed by atoms with Crippen LogP contribution in [0.3, 0.4) is 0 Å². The van der Waals surface area contributed by atoms with E-state index >= 15 is 0 Å². The van der Waals surface area contributed by atoms with E-state index in [9.17, 15) is 9.90 Å². The average Bonchev–Trinajstić information content (AvgIpc) is 3.30. The van der Waals surface area contributed by atoms with Crippen molar-refractivity contribution in [1.82, 2.24) is 25.3 Å². The molecule has 3 N–H and O–H groups in total. The van der Waals surface area contributed by atoms with Gasteiger partial charge in [-0.15, -0.1) is 0 Å². The Bertz CT molecular complexity index is 1420. The molecule has 4 aromatic rings. The van der Waals surface area contributed by atoms with E-state index in [4.69, 9.17) is 0 Å². The maximum atomic E-state index is 12.3. The van der Waals surface area contributed by atoms with Crippen LogP contribution in [0.1, 0.15) is 42.1 Å². The topological polar surface area (TPSA) is 116 Å². The van der Waals surface area contributed by atoms with Crippen molar-refractivity contribution in [3.63, 3.8) is 0 Å². The van der Waals surface area contributed by atoms with E-state index in [1.54, 1.807) is 25.6 Å². The number of aromatic nitrogens is 4. The number of nitrogens with one attached hydrogen (secondary N) is 2. The molecule has 0 aliphatic carbocycles. The summed E-state index contributed by atoms with van der Waals surface area (Å²) in [5.74, 6) is 1.56. The van der Waals surface area contributed by atoms with Crippen LogP contribution in [-0.2, 0) is 0 Å². The van der Waals surface area contributed by atoms with Crippen LogP contribution in [0.15, 0.2) is 61.2 Å². The van der Waals surface area contributed by atoms with E-state index in [1.807, 2.05) is 49.5 Å². The first-order chi connectivity index (χ1) is 17.8. The minimum Gasteiger partial charge on any atom is -0.388 e. The van der Waals surface area contributed by atoms with Crippen molar-refractivity contribution >= 4 is 28.4 Å². The van der Waals surface area contributed by atoms with Gasteiger partial charge in [0.15, 0.2) is 0 Å². The molecule has 4 heterocycles. The molecule has 37 heavy (non-hydrogen) atoms. The molecular weight excluding hydrogens is 466 g/mol. The highest BCUT2D eigenvalue weighted by molar-refractivity contribution is 6.06. The molecule has 1 unspecified atom stereocenters. The summed E-state index contributed by atoms with van der Waals surface area (Å²) in [7, 11) is 1.63. The zero-order valence-electron chi connectivity index (χ0n) is 21.3. The number of hydrogen-bond donors (Lipinski definition) is 3. The van der Waals surface area contributed by atoms with Gasteiger partial charge in [0, 0.05) is 62.0 Å². The summed E-state index contributed by atoms with van der Waals surface area (Å²) in [6.45, 7) is 5.98. The van der Waals surface area contributed by atoms with Crippen LogP contribution in [0.25, 0.3) is 22.2 Å². The second-order valence-corrected chi connectivity index (χ2v) is 9.83. The van der Waals surface area contributed by atoms with E-state index < -0.39 is 5.60 Å². The number of β-amino-alcohol motifs (C(OH)–C–C–N with tert-alkyl or cyclic N) is 1. The summed E-state index contributed by atoms with van der Waals surface area (Å²) in [4.78, 5) is 32.4. The minimum absolute atomic E-state index is 0.119. The first-order valence-electron chi connectivity index (χ1n) is 12.4. The number of amides is 1. The summed E-state index contributed by atoms with van der Waals surface area (Å²) in [5.41, 5.74) is 3.51. The third-order valence-electron chi connectivity index (χ3n) is 6.88. The number of rotatable bonds is 7. The molecule has 1 fully saturated rings. The Balaban J connectivity index is 1.29. The number of nitrogens with zero attached hydrogens (tertiary/aromatic N) is 5. The molecule has 0 radical (unpaired) electrons. The number of anilines is 2. The molecule has 9 nitrogen and oxygen atoms in total. The zero-order chi connectivity index (χ0) is 26.0. The maximum Gasteiger partial charge on any atom is 0.251 e. The molecule has 1 aliphatic heterocycles. The molecule has 1 amide bonds. The molecule has 0 saturated carbocycles. The van der Waals surface area contributed by atoms with Crippen LogP contribution in [0, 0.1) is 0 Å². The summed E-state index contributed by atoms with van der Waals surface area (Å²) in [5, 5.41) is 17.2. The van der Waals surface area contributed by atoms with E-state index in [-0.39, 0.29) is 11.8 Å². The lowest BCUT2D eigenvalue weighted by Gasteiger charge is -2.20. The number of pyridine rings is 2. The summed E-state index contributed by atoms with van der Waals surface area (Å²) < 4.78 is 0. The van der Waals surface area contributed by atoms with Crippen LogP contribution < -0.4 is 15.5 Å². The summed E-state index contributed by atoms with van der Waals surface area (Å²) in [6, 6.07) is 13.6. The third kappa shape index (κ3) is 5.22. The number of carbonyl (C=O) groups is 1. The average molecular weight is 498 g/mol. The summed E-state index contributed by atoms with van der Waals surface area (Å²) in [6.07, 6.45) is 5.77. The van der Waals surface area contributed by atoms with Crippen molar-refractivity contribution in [3.8, 4) is 11.3 Å². The largest absolute Gasteiger partial charge is 0.388 e. The van der Waals surface area contributed by atoms with Gasteiger partial charge in [-0.3, -0.25) is 9.78 Å². The van der Waals surface area contributed by atoms with Crippen molar-refractivity contribution in [2.24, 2.45) is 0 Å². The predicted molar refractivity (Wildman–Crippen MR) is 145 cm³/mol. The van der Waals surface area contributed by atoms with E-state index in [1.165, 1.54) is 0 Å². The van der Waals surface area contributed by atoms with Crippen LogP contribution in [-0.4, -0.2) is 63.2 Å². The predicted octanol–water partition coefficient (Wildman–Crippen LogP) is 3.62. The Morgan fingerprint density at radius 3 is 2.76 bits per heavy atom. The van der Waals surface area contributed by atoms with Gasteiger partial charge in [-0.25, -0.2) is 15.0 Å². The molecule has 2 atom stereocenters. The lowest BCUT2D eigenvalue weighted by atomic mass is 9.96. The highest BCUT2D eigenvalue weighted by Gasteiger charge is 2.31. The van der Waals surface area contributed by atoms with Crippen LogP contribution in [0.4, 0.5) is 11.6 Å². The van der Waals surface area contributed by atoms with Crippen molar-refractivity contribution < 1.29 is 9.90 Å². The Hall–Kier alpha value is -4.11. The molecule has 3 aromatic heterocycles. The van der Waals surface area contributed by atoms with Crippen molar-refractivity contribution in [2.75, 3.05) is 36.9 Å².